The highest BCUT2D eigenvalue weighted by Crippen LogP contribution is 2.41. The van der Waals surface area contributed by atoms with E-state index in [4.69, 9.17) is 0 Å². The number of carbonyl (C=O) groups excluding carboxylic acids is 1. The molecule has 0 spiro atoms. The van der Waals surface area contributed by atoms with Crippen molar-refractivity contribution >= 4 is 40.0 Å². The lowest BCUT2D eigenvalue weighted by atomic mass is 10.1. The fraction of sp³-hybridized carbons (Fsp3) is 0.263. The van der Waals surface area contributed by atoms with Crippen LogP contribution in [0.5, 0.6) is 0 Å². The summed E-state index contributed by atoms with van der Waals surface area (Å²) >= 11 is 3.31. The number of rotatable bonds is 6. The lowest BCUT2D eigenvalue weighted by Crippen LogP contribution is -2.11. The van der Waals surface area contributed by atoms with Crippen LogP contribution >= 0.6 is 23.1 Å². The molecule has 1 unspecified atom stereocenters. The number of benzene rings is 1. The summed E-state index contributed by atoms with van der Waals surface area (Å²) in [5.74, 6) is 2.31. The average molecular weight is 398 g/mol. The summed E-state index contributed by atoms with van der Waals surface area (Å²) in [5, 5.41) is 6.88. The predicted octanol–water partition coefficient (Wildman–Crippen LogP) is 4.05. The molecule has 1 atom stereocenters. The van der Waals surface area contributed by atoms with Gasteiger partial charge in [0.1, 0.15) is 12.1 Å². The van der Waals surface area contributed by atoms with E-state index in [2.05, 4.69) is 32.5 Å². The van der Waals surface area contributed by atoms with Crippen LogP contribution in [0.3, 0.4) is 0 Å². The molecule has 8 heteroatoms. The van der Waals surface area contributed by atoms with Crippen LogP contribution in [-0.2, 0) is 6.42 Å². The quantitative estimate of drug-likeness (QED) is 0.653. The molecule has 0 fully saturated rings. The Kier molecular flexibility index (Phi) is 5.35. The van der Waals surface area contributed by atoms with Gasteiger partial charge in [0.2, 0.25) is 0 Å². The second-order valence-electron chi connectivity index (χ2n) is 6.28. The van der Waals surface area contributed by atoms with Crippen LogP contribution in [0.2, 0.25) is 0 Å². The zero-order valence-electron chi connectivity index (χ0n) is 14.8. The highest BCUT2D eigenvalue weighted by molar-refractivity contribution is 7.99. The SMILES string of the molecule is CC1CSc2c(NCCc3cnc(NC(=O)c4ccccc4)s3)ncnc21. The lowest BCUT2D eigenvalue weighted by molar-refractivity contribution is 0.102. The predicted molar refractivity (Wildman–Crippen MR) is 110 cm³/mol. The number of amides is 1. The van der Waals surface area contributed by atoms with E-state index in [1.807, 2.05) is 36.2 Å². The maximum atomic E-state index is 12.2. The second-order valence-corrected chi connectivity index (χ2v) is 8.42. The van der Waals surface area contributed by atoms with Gasteiger partial charge in [-0.25, -0.2) is 15.0 Å². The van der Waals surface area contributed by atoms with Gasteiger partial charge in [0.15, 0.2) is 5.13 Å². The number of aromatic nitrogens is 3. The summed E-state index contributed by atoms with van der Waals surface area (Å²) < 4.78 is 0. The lowest BCUT2D eigenvalue weighted by Gasteiger charge is -2.08. The fourth-order valence-corrected chi connectivity index (χ4v) is 4.88. The fourth-order valence-electron chi connectivity index (χ4n) is 2.84. The van der Waals surface area contributed by atoms with Gasteiger partial charge < -0.3 is 5.32 Å². The van der Waals surface area contributed by atoms with Crippen LogP contribution in [0.4, 0.5) is 10.9 Å². The Morgan fingerprint density at radius 3 is 2.93 bits per heavy atom. The highest BCUT2D eigenvalue weighted by Gasteiger charge is 2.24. The maximum Gasteiger partial charge on any atom is 0.257 e. The number of nitrogens with one attached hydrogen (secondary N) is 2. The van der Waals surface area contributed by atoms with Crippen molar-refractivity contribution in [2.24, 2.45) is 0 Å². The van der Waals surface area contributed by atoms with Gasteiger partial charge in [-0.05, 0) is 12.1 Å². The van der Waals surface area contributed by atoms with Gasteiger partial charge in [0, 0.05) is 41.3 Å². The van der Waals surface area contributed by atoms with Crippen molar-refractivity contribution in [3.8, 4) is 0 Å². The summed E-state index contributed by atoms with van der Waals surface area (Å²) in [5.41, 5.74) is 1.77. The van der Waals surface area contributed by atoms with Crippen molar-refractivity contribution in [3.05, 3.63) is 59.0 Å². The van der Waals surface area contributed by atoms with Gasteiger partial charge in [0.25, 0.3) is 5.91 Å². The number of carbonyl (C=O) groups is 1. The molecule has 3 aromatic rings. The Bertz CT molecular complexity index is 944. The van der Waals surface area contributed by atoms with Crippen molar-refractivity contribution in [3.63, 3.8) is 0 Å². The third kappa shape index (κ3) is 4.12. The summed E-state index contributed by atoms with van der Waals surface area (Å²) in [6.45, 7) is 2.95. The van der Waals surface area contributed by atoms with Gasteiger partial charge in [-0.3, -0.25) is 10.1 Å². The van der Waals surface area contributed by atoms with Crippen LogP contribution in [0.25, 0.3) is 0 Å². The number of hydrogen-bond donors (Lipinski definition) is 2. The van der Waals surface area contributed by atoms with Crippen molar-refractivity contribution < 1.29 is 4.79 Å². The van der Waals surface area contributed by atoms with Crippen molar-refractivity contribution in [1.82, 2.24) is 15.0 Å². The molecule has 6 nitrogen and oxygen atoms in total. The van der Waals surface area contributed by atoms with Crippen LogP contribution in [0.1, 0.15) is 33.8 Å². The number of thiazole rings is 1. The van der Waals surface area contributed by atoms with Gasteiger partial charge >= 0.3 is 0 Å². The minimum Gasteiger partial charge on any atom is -0.369 e. The first-order valence-electron chi connectivity index (χ1n) is 8.73. The smallest absolute Gasteiger partial charge is 0.257 e. The van der Waals surface area contributed by atoms with Gasteiger partial charge in [-0.1, -0.05) is 25.1 Å². The molecule has 0 radical (unpaired) electrons. The minimum atomic E-state index is -0.141. The van der Waals surface area contributed by atoms with Gasteiger partial charge in [-0.2, -0.15) is 0 Å². The molecule has 1 aromatic carbocycles. The van der Waals surface area contributed by atoms with E-state index < -0.39 is 0 Å². The molecule has 27 heavy (non-hydrogen) atoms. The monoisotopic (exact) mass is 397 g/mol. The topological polar surface area (TPSA) is 79.8 Å². The summed E-state index contributed by atoms with van der Waals surface area (Å²) in [7, 11) is 0. The Labute approximate surface area is 165 Å². The van der Waals surface area contributed by atoms with Crippen molar-refractivity contribution in [2.45, 2.75) is 24.2 Å². The van der Waals surface area contributed by atoms with Crippen LogP contribution in [-0.4, -0.2) is 33.2 Å². The molecule has 2 aromatic heterocycles. The van der Waals surface area contributed by atoms with E-state index in [-0.39, 0.29) is 5.91 Å². The Morgan fingerprint density at radius 1 is 1.22 bits per heavy atom. The van der Waals surface area contributed by atoms with Crippen molar-refractivity contribution in [2.75, 3.05) is 22.9 Å². The molecule has 3 heterocycles. The standard InChI is InChI=1S/C19H19N5OS2/c1-12-10-26-16-15(12)22-11-23-17(16)20-8-7-14-9-21-19(27-14)24-18(25)13-5-3-2-4-6-13/h2-6,9,11-12H,7-8,10H2,1H3,(H,20,22,23)(H,21,24,25). The van der Waals surface area contributed by atoms with E-state index in [1.54, 1.807) is 18.5 Å². The van der Waals surface area contributed by atoms with Crippen LogP contribution < -0.4 is 10.6 Å². The molecule has 0 saturated heterocycles. The summed E-state index contributed by atoms with van der Waals surface area (Å²) in [6.07, 6.45) is 4.26. The summed E-state index contributed by atoms with van der Waals surface area (Å²) in [4.78, 5) is 27.6. The molecule has 1 amide bonds. The van der Waals surface area contributed by atoms with E-state index in [9.17, 15) is 4.79 Å². The highest BCUT2D eigenvalue weighted by atomic mass is 32.2. The minimum absolute atomic E-state index is 0.141. The largest absolute Gasteiger partial charge is 0.369 e. The van der Waals surface area contributed by atoms with E-state index in [0.29, 0.717) is 16.6 Å². The second kappa shape index (κ2) is 8.06. The van der Waals surface area contributed by atoms with E-state index in [0.717, 1.165) is 35.1 Å². The molecular formula is C19H19N5OS2. The van der Waals surface area contributed by atoms with E-state index >= 15 is 0 Å². The first kappa shape index (κ1) is 17.9. The molecule has 1 aliphatic heterocycles. The molecule has 4 rings (SSSR count). The van der Waals surface area contributed by atoms with Gasteiger partial charge in [0.05, 0.1) is 10.6 Å². The normalized spacial score (nSPS) is 15.4. The average Bonchev–Trinajstić information content (AvgIpc) is 3.30. The Balaban J connectivity index is 1.32. The molecule has 2 N–H and O–H groups in total. The van der Waals surface area contributed by atoms with Crippen LogP contribution in [0, 0.1) is 0 Å². The zero-order chi connectivity index (χ0) is 18.6. The molecule has 0 saturated carbocycles. The first-order chi connectivity index (χ1) is 13.2. The van der Waals surface area contributed by atoms with Crippen molar-refractivity contribution in [1.29, 1.82) is 0 Å². The summed E-state index contributed by atoms with van der Waals surface area (Å²) in [6, 6.07) is 9.14. The number of fused-ring (bicyclic) bond motifs is 1. The zero-order valence-corrected chi connectivity index (χ0v) is 16.4. The molecule has 0 aliphatic carbocycles. The Hall–Kier alpha value is -2.45. The molecule has 1 aliphatic rings. The maximum absolute atomic E-state index is 12.2. The third-order valence-electron chi connectivity index (χ3n) is 4.25. The molecule has 138 valence electrons. The number of anilines is 2. The first-order valence-corrected chi connectivity index (χ1v) is 10.5. The third-order valence-corrected chi connectivity index (χ3v) is 6.58. The van der Waals surface area contributed by atoms with Gasteiger partial charge in [-0.15, -0.1) is 23.1 Å². The number of nitrogens with zero attached hydrogens (tertiary/aromatic N) is 3. The number of thioether (sulfide) groups is 1. The molecule has 0 bridgehead atoms. The Morgan fingerprint density at radius 2 is 2.07 bits per heavy atom. The molecular weight excluding hydrogens is 378 g/mol. The number of hydrogen-bond acceptors (Lipinski definition) is 7. The van der Waals surface area contributed by atoms with Crippen LogP contribution in [0.15, 0.2) is 47.8 Å². The van der Waals surface area contributed by atoms with E-state index in [1.165, 1.54) is 16.2 Å².